The topological polar surface area (TPSA) is 151 Å². The van der Waals surface area contributed by atoms with Crippen molar-refractivity contribution in [3.05, 3.63) is 131 Å². The van der Waals surface area contributed by atoms with Crippen LogP contribution in [0.3, 0.4) is 0 Å². The van der Waals surface area contributed by atoms with Crippen LogP contribution in [0.4, 0.5) is 11.4 Å². The van der Waals surface area contributed by atoms with E-state index in [1.165, 1.54) is 5.56 Å². The fourth-order valence-electron chi connectivity index (χ4n) is 8.21. The molecule has 6 rings (SSSR count). The van der Waals surface area contributed by atoms with Gasteiger partial charge in [-0.3, -0.25) is 13.9 Å². The van der Waals surface area contributed by atoms with Crippen LogP contribution in [0.25, 0.3) is 5.57 Å². The van der Waals surface area contributed by atoms with Gasteiger partial charge in [0.15, 0.2) is 5.71 Å². The molecule has 0 bridgehead atoms. The molecule has 0 aromatic heterocycles. The number of benzene rings is 3. The van der Waals surface area contributed by atoms with Crippen LogP contribution in [0.5, 0.6) is 5.75 Å². The Balaban J connectivity index is 1.43. The summed E-state index contributed by atoms with van der Waals surface area (Å²) >= 11 is 0. The Bertz CT molecular complexity index is 2390. The lowest BCUT2D eigenvalue weighted by Gasteiger charge is -2.28. The standard InChI is InChI=1S/C44H50N2O9S2/c1-43(2)35-13-5-7-15-37(35)45(26-9-11-29-56(48,49)50)40(43)23-19-33-25-28-54-39(42(33)32-17-20-34(21-18-32)55-31-47)22-24-41-44(3,4)36-14-6-8-16-38(36)46(41)27-10-12-30-57(51,52)53/h5-8,13-24,31H,9-12,25-30H2,1-4H3,(H-,48,49,50,51,52,53)/p+1. The number of rotatable bonds is 16. The van der Waals surface area contributed by atoms with E-state index in [-0.39, 0.29) is 22.3 Å². The van der Waals surface area contributed by atoms with Crippen molar-refractivity contribution in [3.8, 4) is 5.75 Å². The summed E-state index contributed by atoms with van der Waals surface area (Å²) in [4.78, 5) is 13.3. The van der Waals surface area contributed by atoms with Gasteiger partial charge in [-0.2, -0.15) is 21.4 Å². The Morgan fingerprint density at radius 2 is 1.44 bits per heavy atom. The molecule has 0 amide bonds. The Morgan fingerprint density at radius 1 is 0.789 bits per heavy atom. The quantitative estimate of drug-likeness (QED) is 0.0632. The molecule has 0 radical (unpaired) electrons. The zero-order valence-corrected chi connectivity index (χ0v) is 34.5. The maximum Gasteiger partial charge on any atom is 0.298 e. The van der Waals surface area contributed by atoms with E-state index in [1.807, 2.05) is 42.5 Å². The molecule has 0 aliphatic carbocycles. The molecule has 2 N–H and O–H groups in total. The van der Waals surface area contributed by atoms with E-state index in [0.717, 1.165) is 45.1 Å². The van der Waals surface area contributed by atoms with Gasteiger partial charge in [0.25, 0.3) is 26.7 Å². The number of carbonyl (C=O) groups excluding carboxylic acids is 1. The number of nitrogens with zero attached hydrogens (tertiary/aromatic N) is 2. The van der Waals surface area contributed by atoms with Crippen molar-refractivity contribution in [3.63, 3.8) is 0 Å². The average Bonchev–Trinajstić information content (AvgIpc) is 3.51. The highest BCUT2D eigenvalue weighted by Crippen LogP contribution is 2.48. The SMILES string of the molecule is CC1(C)C(/C=C/C2=C(c3ccc(OC=O)cc3)C(=C/C=C3/N(CCCCS(=O)(=O)O)c4ccccc4C3(C)C)/OCC2)=[N+](CCCCS(=O)(=O)O)c2ccccc21. The summed E-state index contributed by atoms with van der Waals surface area (Å²) in [7, 11) is -8.11. The summed E-state index contributed by atoms with van der Waals surface area (Å²) < 4.78 is 78.2. The average molecular weight is 816 g/mol. The van der Waals surface area contributed by atoms with E-state index in [0.29, 0.717) is 69.8 Å². The zero-order valence-electron chi connectivity index (χ0n) is 32.8. The van der Waals surface area contributed by atoms with Gasteiger partial charge in [0.1, 0.15) is 18.1 Å². The first-order valence-corrected chi connectivity index (χ1v) is 22.4. The number of ether oxygens (including phenoxy) is 2. The predicted molar refractivity (Wildman–Crippen MR) is 223 cm³/mol. The van der Waals surface area contributed by atoms with Crippen molar-refractivity contribution in [2.75, 3.05) is 36.1 Å². The molecule has 13 heteroatoms. The molecule has 3 aromatic carbocycles. The van der Waals surface area contributed by atoms with E-state index < -0.39 is 20.2 Å². The van der Waals surface area contributed by atoms with Crippen LogP contribution in [0.15, 0.2) is 114 Å². The molecule has 0 saturated heterocycles. The van der Waals surface area contributed by atoms with Crippen LogP contribution in [0.2, 0.25) is 0 Å². The maximum absolute atomic E-state index is 11.5. The number of anilines is 1. The van der Waals surface area contributed by atoms with Gasteiger partial charge >= 0.3 is 0 Å². The highest BCUT2D eigenvalue weighted by molar-refractivity contribution is 7.86. The third-order valence-corrected chi connectivity index (χ3v) is 12.6. The number of carbonyl (C=O) groups is 1. The van der Waals surface area contributed by atoms with Gasteiger partial charge < -0.3 is 14.4 Å². The normalized spacial score (nSPS) is 19.0. The first-order valence-electron chi connectivity index (χ1n) is 19.2. The zero-order chi connectivity index (χ0) is 41.0. The molecule has 3 aromatic rings. The molecule has 3 aliphatic rings. The number of unbranched alkanes of at least 4 members (excludes halogenated alkanes) is 2. The highest BCUT2D eigenvalue weighted by Gasteiger charge is 2.44. The lowest BCUT2D eigenvalue weighted by atomic mass is 9.81. The van der Waals surface area contributed by atoms with Gasteiger partial charge in [-0.1, -0.05) is 68.5 Å². The third-order valence-electron chi connectivity index (χ3n) is 11.0. The Kier molecular flexibility index (Phi) is 12.4. The second kappa shape index (κ2) is 17.0. The Morgan fingerprint density at radius 3 is 2.12 bits per heavy atom. The smallest absolute Gasteiger partial charge is 0.298 e. The first-order chi connectivity index (χ1) is 27.0. The molecule has 57 heavy (non-hydrogen) atoms. The summed E-state index contributed by atoms with van der Waals surface area (Å²) in [5, 5.41) is 0. The van der Waals surface area contributed by atoms with Gasteiger partial charge in [0.2, 0.25) is 5.69 Å². The van der Waals surface area contributed by atoms with Gasteiger partial charge in [0.05, 0.1) is 23.5 Å². The largest absolute Gasteiger partial charge is 0.493 e. The molecule has 11 nitrogen and oxygen atoms in total. The van der Waals surface area contributed by atoms with E-state index in [4.69, 9.17) is 9.47 Å². The monoisotopic (exact) mass is 815 g/mol. The molecule has 0 saturated carbocycles. The van der Waals surface area contributed by atoms with Crippen LogP contribution in [-0.2, 0) is 40.6 Å². The molecular formula is C44H51N2O9S2+. The molecule has 3 aliphatic heterocycles. The van der Waals surface area contributed by atoms with Crippen molar-refractivity contribution >= 4 is 49.4 Å². The van der Waals surface area contributed by atoms with Gasteiger partial charge in [-0.25, -0.2) is 0 Å². The predicted octanol–water partition coefficient (Wildman–Crippen LogP) is 7.93. The summed E-state index contributed by atoms with van der Waals surface area (Å²) in [6.07, 6.45) is 10.8. The molecule has 0 atom stereocenters. The van der Waals surface area contributed by atoms with Gasteiger partial charge in [-0.15, -0.1) is 0 Å². The lowest BCUT2D eigenvalue weighted by molar-refractivity contribution is -0.438. The van der Waals surface area contributed by atoms with E-state index in [2.05, 4.69) is 79.7 Å². The fraction of sp³-hybridized carbons (Fsp3) is 0.364. The van der Waals surface area contributed by atoms with Crippen LogP contribution < -0.4 is 9.64 Å². The lowest BCUT2D eigenvalue weighted by Crippen LogP contribution is -2.28. The minimum atomic E-state index is -4.06. The van der Waals surface area contributed by atoms with Gasteiger partial charge in [-0.05, 0) is 80.2 Å². The van der Waals surface area contributed by atoms with Crippen molar-refractivity contribution in [1.82, 2.24) is 0 Å². The van der Waals surface area contributed by atoms with Crippen molar-refractivity contribution < 1.29 is 44.8 Å². The number of para-hydroxylation sites is 2. The summed E-state index contributed by atoms with van der Waals surface area (Å²) in [6, 6.07) is 23.7. The molecule has 0 fully saturated rings. The third kappa shape index (κ3) is 9.50. The molecular weight excluding hydrogens is 765 g/mol. The Hall–Kier alpha value is -4.82. The number of hydrogen-bond acceptors (Lipinski definition) is 8. The second-order valence-corrected chi connectivity index (χ2v) is 18.8. The van der Waals surface area contributed by atoms with Crippen molar-refractivity contribution in [2.45, 2.75) is 70.6 Å². The molecule has 0 spiro atoms. The first kappa shape index (κ1) is 41.8. The fourth-order valence-corrected chi connectivity index (χ4v) is 9.35. The number of hydrogen-bond donors (Lipinski definition) is 2. The van der Waals surface area contributed by atoms with Crippen LogP contribution in [0, 0.1) is 0 Å². The van der Waals surface area contributed by atoms with Crippen molar-refractivity contribution in [2.24, 2.45) is 0 Å². The number of fused-ring (bicyclic) bond motifs is 2. The Labute approximate surface area is 336 Å². The highest BCUT2D eigenvalue weighted by atomic mass is 32.2. The van der Waals surface area contributed by atoms with E-state index in [9.17, 15) is 30.7 Å². The van der Waals surface area contributed by atoms with Gasteiger partial charge in [0, 0.05) is 59.5 Å². The number of allylic oxidation sites excluding steroid dienone is 6. The molecule has 0 unspecified atom stereocenters. The minimum absolute atomic E-state index is 0.287. The van der Waals surface area contributed by atoms with Crippen molar-refractivity contribution in [1.29, 1.82) is 0 Å². The summed E-state index contributed by atoms with van der Waals surface area (Å²) in [6.45, 7) is 10.7. The molecule has 3 heterocycles. The van der Waals surface area contributed by atoms with Crippen LogP contribution >= 0.6 is 0 Å². The summed E-state index contributed by atoms with van der Waals surface area (Å²) in [5.74, 6) is 0.496. The summed E-state index contributed by atoms with van der Waals surface area (Å²) in [5.41, 5.74) is 8.58. The minimum Gasteiger partial charge on any atom is -0.493 e. The van der Waals surface area contributed by atoms with E-state index >= 15 is 0 Å². The second-order valence-electron chi connectivity index (χ2n) is 15.6. The van der Waals surface area contributed by atoms with Crippen LogP contribution in [0.1, 0.15) is 76.5 Å². The van der Waals surface area contributed by atoms with Crippen LogP contribution in [-0.4, -0.2) is 73.9 Å². The maximum atomic E-state index is 11.5. The van der Waals surface area contributed by atoms with E-state index in [1.54, 1.807) is 12.1 Å². The molecule has 302 valence electrons.